The summed E-state index contributed by atoms with van der Waals surface area (Å²) in [4.78, 5) is 2.35. The van der Waals surface area contributed by atoms with Crippen molar-refractivity contribution in [2.45, 2.75) is 0 Å². The molecule has 3 heteroatoms. The molecule has 0 aliphatic heterocycles. The fourth-order valence-electron chi connectivity index (χ4n) is 9.43. The lowest BCUT2D eigenvalue weighted by Gasteiger charge is -2.27. The summed E-state index contributed by atoms with van der Waals surface area (Å²) in [5.41, 5.74) is 18.3. The standard InChI is InChI=1S/C60H39NO2/c1-2-16-40(17-3-1)45-18-4-6-20-48(45)50-22-8-9-23-51(50)49-21-7-5-19-46(49)41-32-36-43(37-33-41)61(55-28-15-31-58-59(55)54-25-11-13-30-57(54)62-58)44-38-34-42(35-39-44)47-26-14-27-53-52-24-10-12-29-56(52)63-60(47)53/h1-39H. The van der Waals surface area contributed by atoms with Gasteiger partial charge in [0, 0.05) is 33.1 Å². The van der Waals surface area contributed by atoms with Crippen LogP contribution in [-0.2, 0) is 0 Å². The molecule has 0 saturated heterocycles. The molecule has 3 nitrogen and oxygen atoms in total. The Morgan fingerprint density at radius 1 is 0.254 bits per heavy atom. The highest BCUT2D eigenvalue weighted by molar-refractivity contribution is 6.14. The highest BCUT2D eigenvalue weighted by atomic mass is 16.3. The van der Waals surface area contributed by atoms with E-state index in [1.165, 1.54) is 38.9 Å². The van der Waals surface area contributed by atoms with Gasteiger partial charge in [-0.15, -0.1) is 0 Å². The quantitative estimate of drug-likeness (QED) is 0.153. The average Bonchev–Trinajstić information content (AvgIpc) is 3.94. The normalized spacial score (nSPS) is 11.5. The zero-order valence-corrected chi connectivity index (χ0v) is 34.3. The second-order valence-electron chi connectivity index (χ2n) is 16.0. The number of para-hydroxylation sites is 3. The molecule has 2 aromatic heterocycles. The maximum absolute atomic E-state index is 6.45. The number of nitrogens with zero attached hydrogens (tertiary/aromatic N) is 1. The molecule has 63 heavy (non-hydrogen) atoms. The third-order valence-electron chi connectivity index (χ3n) is 12.3. The van der Waals surface area contributed by atoms with E-state index in [1.54, 1.807) is 0 Å². The van der Waals surface area contributed by atoms with Crippen LogP contribution in [0.3, 0.4) is 0 Å². The van der Waals surface area contributed by atoms with Gasteiger partial charge < -0.3 is 13.7 Å². The van der Waals surface area contributed by atoms with Gasteiger partial charge in [-0.1, -0.05) is 188 Å². The van der Waals surface area contributed by atoms with Crippen LogP contribution >= 0.6 is 0 Å². The monoisotopic (exact) mass is 805 g/mol. The Hall–Kier alpha value is -8.40. The topological polar surface area (TPSA) is 29.5 Å². The Morgan fingerprint density at radius 3 is 1.29 bits per heavy atom. The van der Waals surface area contributed by atoms with Crippen LogP contribution in [0.5, 0.6) is 0 Å². The van der Waals surface area contributed by atoms with Crippen LogP contribution in [0.15, 0.2) is 245 Å². The molecule has 0 fully saturated rings. The van der Waals surface area contributed by atoms with Crippen LogP contribution in [-0.4, -0.2) is 0 Å². The van der Waals surface area contributed by atoms with E-state index in [4.69, 9.17) is 8.83 Å². The Balaban J connectivity index is 0.973. The van der Waals surface area contributed by atoms with Crippen molar-refractivity contribution in [3.8, 4) is 55.6 Å². The minimum absolute atomic E-state index is 0.852. The Labute approximate surface area is 365 Å². The van der Waals surface area contributed by atoms with Crippen LogP contribution in [0.2, 0.25) is 0 Å². The van der Waals surface area contributed by atoms with Gasteiger partial charge in [-0.3, -0.25) is 0 Å². The lowest BCUT2D eigenvalue weighted by atomic mass is 9.87. The molecule has 12 rings (SSSR count). The summed E-state index contributed by atoms with van der Waals surface area (Å²) in [7, 11) is 0. The van der Waals surface area contributed by atoms with Gasteiger partial charge in [0.1, 0.15) is 22.3 Å². The predicted octanol–water partition coefficient (Wildman–Crippen LogP) is 17.3. The molecule has 0 N–H and O–H groups in total. The number of furan rings is 2. The minimum atomic E-state index is 0.852. The molecular formula is C60H39NO2. The number of fused-ring (bicyclic) bond motifs is 6. The molecule has 296 valence electrons. The molecule has 0 bridgehead atoms. The van der Waals surface area contributed by atoms with Crippen LogP contribution in [0, 0.1) is 0 Å². The largest absolute Gasteiger partial charge is 0.456 e. The van der Waals surface area contributed by atoms with Crippen molar-refractivity contribution < 1.29 is 8.83 Å². The van der Waals surface area contributed by atoms with Gasteiger partial charge in [-0.25, -0.2) is 0 Å². The van der Waals surface area contributed by atoms with Gasteiger partial charge in [-0.2, -0.15) is 0 Å². The van der Waals surface area contributed by atoms with Crippen LogP contribution < -0.4 is 4.90 Å². The van der Waals surface area contributed by atoms with Crippen LogP contribution in [0.4, 0.5) is 17.1 Å². The molecular weight excluding hydrogens is 767 g/mol. The van der Waals surface area contributed by atoms with Crippen LogP contribution in [0.1, 0.15) is 0 Å². The first kappa shape index (κ1) is 36.5. The summed E-state index contributed by atoms with van der Waals surface area (Å²) in [5.74, 6) is 0. The maximum atomic E-state index is 6.45. The van der Waals surface area contributed by atoms with E-state index in [2.05, 4.69) is 217 Å². The van der Waals surface area contributed by atoms with Crippen molar-refractivity contribution in [2.24, 2.45) is 0 Å². The second-order valence-corrected chi connectivity index (χ2v) is 16.0. The maximum Gasteiger partial charge on any atom is 0.143 e. The van der Waals surface area contributed by atoms with E-state index < -0.39 is 0 Å². The lowest BCUT2D eigenvalue weighted by Crippen LogP contribution is -2.10. The average molecular weight is 806 g/mol. The van der Waals surface area contributed by atoms with Crippen molar-refractivity contribution in [3.63, 3.8) is 0 Å². The summed E-state index contributed by atoms with van der Waals surface area (Å²) in [6, 6.07) is 84.1. The molecule has 0 aliphatic carbocycles. The molecule has 10 aromatic carbocycles. The molecule has 0 aliphatic rings. The first-order valence-corrected chi connectivity index (χ1v) is 21.4. The highest BCUT2D eigenvalue weighted by Crippen LogP contribution is 2.46. The number of hydrogen-bond donors (Lipinski definition) is 0. The number of benzene rings is 10. The van der Waals surface area contributed by atoms with Gasteiger partial charge in [0.2, 0.25) is 0 Å². The van der Waals surface area contributed by atoms with Crippen molar-refractivity contribution in [2.75, 3.05) is 4.90 Å². The zero-order valence-electron chi connectivity index (χ0n) is 34.3. The van der Waals surface area contributed by atoms with E-state index in [0.29, 0.717) is 0 Å². The van der Waals surface area contributed by atoms with Gasteiger partial charge in [0.05, 0.1) is 11.1 Å². The molecule has 0 saturated carbocycles. The summed E-state index contributed by atoms with van der Waals surface area (Å²) >= 11 is 0. The fourth-order valence-corrected chi connectivity index (χ4v) is 9.43. The van der Waals surface area contributed by atoms with Crippen LogP contribution in [0.25, 0.3) is 99.5 Å². The summed E-state index contributed by atoms with van der Waals surface area (Å²) in [6.07, 6.45) is 0. The third kappa shape index (κ3) is 6.29. The molecule has 0 spiro atoms. The first-order chi connectivity index (χ1) is 31.3. The fraction of sp³-hybridized carbons (Fsp3) is 0. The summed E-state index contributed by atoms with van der Waals surface area (Å²) < 4.78 is 12.9. The predicted molar refractivity (Wildman–Crippen MR) is 263 cm³/mol. The van der Waals surface area contributed by atoms with Crippen molar-refractivity contribution >= 4 is 60.9 Å². The highest BCUT2D eigenvalue weighted by Gasteiger charge is 2.21. The van der Waals surface area contributed by atoms with E-state index in [0.717, 1.165) is 77.6 Å². The molecule has 0 unspecified atom stereocenters. The molecule has 0 atom stereocenters. The van der Waals surface area contributed by atoms with Gasteiger partial charge in [0.15, 0.2) is 0 Å². The molecule has 2 heterocycles. The number of anilines is 3. The third-order valence-corrected chi connectivity index (χ3v) is 12.3. The van der Waals surface area contributed by atoms with E-state index >= 15 is 0 Å². The van der Waals surface area contributed by atoms with Gasteiger partial charge in [0.25, 0.3) is 0 Å². The van der Waals surface area contributed by atoms with Crippen molar-refractivity contribution in [1.82, 2.24) is 0 Å². The lowest BCUT2D eigenvalue weighted by molar-refractivity contribution is 0.669. The van der Waals surface area contributed by atoms with Crippen molar-refractivity contribution in [1.29, 1.82) is 0 Å². The second kappa shape index (κ2) is 15.3. The molecule has 0 radical (unpaired) electrons. The number of hydrogen-bond acceptors (Lipinski definition) is 3. The SMILES string of the molecule is c1ccc(-c2ccccc2-c2ccccc2-c2ccccc2-c2ccc(N(c3ccc(-c4cccc5c4oc4ccccc45)cc3)c3cccc4oc5ccccc5c34)cc2)cc1. The smallest absolute Gasteiger partial charge is 0.143 e. The van der Waals surface area contributed by atoms with E-state index in [-0.39, 0.29) is 0 Å². The Kier molecular flexibility index (Phi) is 8.83. The van der Waals surface area contributed by atoms with Gasteiger partial charge >= 0.3 is 0 Å². The molecule has 0 amide bonds. The van der Waals surface area contributed by atoms with Crippen molar-refractivity contribution in [3.05, 3.63) is 237 Å². The number of rotatable bonds is 8. The Morgan fingerprint density at radius 2 is 0.667 bits per heavy atom. The Bertz CT molecular complexity index is 3620. The first-order valence-electron chi connectivity index (χ1n) is 21.4. The minimum Gasteiger partial charge on any atom is -0.456 e. The molecule has 12 aromatic rings. The van der Waals surface area contributed by atoms with E-state index in [9.17, 15) is 0 Å². The summed E-state index contributed by atoms with van der Waals surface area (Å²) in [5, 5.41) is 4.40. The van der Waals surface area contributed by atoms with E-state index in [1.807, 2.05) is 24.3 Å². The summed E-state index contributed by atoms with van der Waals surface area (Å²) in [6.45, 7) is 0. The zero-order chi connectivity index (χ0) is 41.7. The van der Waals surface area contributed by atoms with Gasteiger partial charge in [-0.05, 0) is 98.6 Å².